The molecule has 0 unspecified atom stereocenters. The predicted octanol–water partition coefficient (Wildman–Crippen LogP) is 6.09. The molecule has 4 bridgehead atoms. The fourth-order valence-corrected chi connectivity index (χ4v) is 8.14. The molecule has 5 saturated carbocycles. The molecule has 38 heavy (non-hydrogen) atoms. The minimum absolute atomic E-state index is 0.00417. The first-order valence-corrected chi connectivity index (χ1v) is 14.7. The number of fused-ring (bicyclic) bond motifs is 1. The Morgan fingerprint density at radius 2 is 1.42 bits per heavy atom. The molecule has 5 aliphatic rings. The van der Waals surface area contributed by atoms with Crippen LogP contribution < -0.4 is 10.6 Å². The van der Waals surface area contributed by atoms with Gasteiger partial charge in [0, 0.05) is 28.8 Å². The van der Waals surface area contributed by atoms with Gasteiger partial charge in [0.2, 0.25) is 0 Å². The van der Waals surface area contributed by atoms with Crippen molar-refractivity contribution in [1.29, 1.82) is 0 Å². The minimum Gasteiger partial charge on any atom is -0.349 e. The molecule has 3 N–H and O–H groups in total. The summed E-state index contributed by atoms with van der Waals surface area (Å²) in [5.41, 5.74) is 3.97. The monoisotopic (exact) mass is 510 g/mol. The molecule has 2 amide bonds. The van der Waals surface area contributed by atoms with Crippen molar-refractivity contribution >= 4 is 22.8 Å². The van der Waals surface area contributed by atoms with Crippen molar-refractivity contribution in [3.05, 3.63) is 53.6 Å². The van der Waals surface area contributed by atoms with E-state index in [1.807, 2.05) is 42.5 Å². The molecule has 6 nitrogen and oxygen atoms in total. The Hall–Kier alpha value is -3.15. The van der Waals surface area contributed by atoms with Crippen molar-refractivity contribution in [3.8, 4) is 11.4 Å². The maximum Gasteiger partial charge on any atom is 0.251 e. The molecule has 198 valence electrons. The van der Waals surface area contributed by atoms with Crippen LogP contribution in [0.4, 0.5) is 0 Å². The minimum atomic E-state index is -0.00417. The highest BCUT2D eigenvalue weighted by Crippen LogP contribution is 2.53. The third-order valence-electron chi connectivity index (χ3n) is 10.0. The van der Waals surface area contributed by atoms with Gasteiger partial charge in [-0.1, -0.05) is 19.1 Å². The summed E-state index contributed by atoms with van der Waals surface area (Å²) in [6, 6.07) is 14.0. The average Bonchev–Trinajstić information content (AvgIpc) is 3.35. The molecule has 6 heteroatoms. The molecule has 5 aliphatic carbocycles. The molecule has 2 aromatic carbocycles. The van der Waals surface area contributed by atoms with Gasteiger partial charge in [0.1, 0.15) is 5.82 Å². The van der Waals surface area contributed by atoms with Gasteiger partial charge >= 0.3 is 0 Å². The van der Waals surface area contributed by atoms with E-state index in [-0.39, 0.29) is 17.9 Å². The van der Waals surface area contributed by atoms with Crippen LogP contribution in [0.2, 0.25) is 0 Å². The Labute approximate surface area is 224 Å². The number of hydrogen-bond acceptors (Lipinski definition) is 3. The first kappa shape index (κ1) is 23.9. The van der Waals surface area contributed by atoms with Gasteiger partial charge in [0.15, 0.2) is 0 Å². The lowest BCUT2D eigenvalue weighted by atomic mass is 9.54. The Kier molecular flexibility index (Phi) is 6.01. The number of nitrogens with zero attached hydrogens (tertiary/aromatic N) is 1. The molecule has 1 aromatic heterocycles. The molecule has 0 radical (unpaired) electrons. The molecule has 8 rings (SSSR count). The highest BCUT2D eigenvalue weighted by molar-refractivity contribution is 5.98. The second-order valence-corrected chi connectivity index (χ2v) is 12.8. The molecular weight excluding hydrogens is 472 g/mol. The van der Waals surface area contributed by atoms with Crippen LogP contribution in [0.25, 0.3) is 22.4 Å². The molecule has 0 saturated heterocycles. The maximum atomic E-state index is 13.2. The lowest BCUT2D eigenvalue weighted by molar-refractivity contribution is -0.0119. The van der Waals surface area contributed by atoms with E-state index in [2.05, 4.69) is 22.5 Å². The number of carbonyl (C=O) groups is 2. The highest BCUT2D eigenvalue weighted by Gasteiger charge is 2.48. The number of aromatic nitrogens is 2. The van der Waals surface area contributed by atoms with Crippen molar-refractivity contribution in [2.45, 2.75) is 76.8 Å². The Morgan fingerprint density at radius 1 is 0.789 bits per heavy atom. The zero-order valence-electron chi connectivity index (χ0n) is 22.2. The van der Waals surface area contributed by atoms with E-state index in [9.17, 15) is 9.59 Å². The van der Waals surface area contributed by atoms with Crippen LogP contribution in [-0.4, -0.2) is 33.9 Å². The topological polar surface area (TPSA) is 86.9 Å². The van der Waals surface area contributed by atoms with Crippen LogP contribution >= 0.6 is 0 Å². The number of nitrogens with one attached hydrogen (secondary N) is 3. The fourth-order valence-electron chi connectivity index (χ4n) is 8.14. The van der Waals surface area contributed by atoms with E-state index in [0.717, 1.165) is 53.0 Å². The van der Waals surface area contributed by atoms with Crippen molar-refractivity contribution < 1.29 is 9.59 Å². The first-order chi connectivity index (χ1) is 18.5. The molecule has 3 aromatic rings. The summed E-state index contributed by atoms with van der Waals surface area (Å²) in [4.78, 5) is 34.1. The Bertz CT molecular complexity index is 1320. The van der Waals surface area contributed by atoms with Gasteiger partial charge in [0.05, 0.1) is 11.0 Å². The average molecular weight is 511 g/mol. The summed E-state index contributed by atoms with van der Waals surface area (Å²) in [5.74, 6) is 4.65. The highest BCUT2D eigenvalue weighted by atomic mass is 16.2. The van der Waals surface area contributed by atoms with Gasteiger partial charge in [-0.05, 0) is 118 Å². The summed E-state index contributed by atoms with van der Waals surface area (Å²) in [6.45, 7) is 2.29. The van der Waals surface area contributed by atoms with Crippen LogP contribution in [0, 0.1) is 29.6 Å². The molecule has 0 spiro atoms. The summed E-state index contributed by atoms with van der Waals surface area (Å²) in [5, 5.41) is 6.62. The van der Waals surface area contributed by atoms with Gasteiger partial charge in [-0.25, -0.2) is 4.98 Å². The van der Waals surface area contributed by atoms with E-state index in [0.29, 0.717) is 29.0 Å². The summed E-state index contributed by atoms with van der Waals surface area (Å²) in [7, 11) is 0. The number of aromatic amines is 1. The predicted molar refractivity (Wildman–Crippen MR) is 149 cm³/mol. The SMILES string of the molecule is CC1CCC(NC(=O)c2ccc(-c3nc4ccc(C(=O)NC5C6CC7CC(C6)CC5C7)cc4[nH]3)cc2)CC1. The number of carbonyl (C=O) groups excluding carboxylic acids is 2. The van der Waals surface area contributed by atoms with E-state index in [1.54, 1.807) is 0 Å². The van der Waals surface area contributed by atoms with Crippen LogP contribution in [0.3, 0.4) is 0 Å². The van der Waals surface area contributed by atoms with E-state index in [1.165, 1.54) is 44.9 Å². The van der Waals surface area contributed by atoms with Crippen LogP contribution in [-0.2, 0) is 0 Å². The number of amides is 2. The molecule has 0 aliphatic heterocycles. The zero-order valence-corrected chi connectivity index (χ0v) is 22.2. The molecular formula is C32H38N4O2. The third-order valence-corrected chi connectivity index (χ3v) is 10.0. The van der Waals surface area contributed by atoms with Crippen LogP contribution in [0.5, 0.6) is 0 Å². The maximum absolute atomic E-state index is 13.2. The Morgan fingerprint density at radius 3 is 2.11 bits per heavy atom. The summed E-state index contributed by atoms with van der Waals surface area (Å²) in [6.07, 6.45) is 11.1. The van der Waals surface area contributed by atoms with Gasteiger partial charge in [-0.2, -0.15) is 0 Å². The quantitative estimate of drug-likeness (QED) is 0.388. The summed E-state index contributed by atoms with van der Waals surface area (Å²) >= 11 is 0. The second-order valence-electron chi connectivity index (χ2n) is 12.8. The summed E-state index contributed by atoms with van der Waals surface area (Å²) < 4.78 is 0. The second kappa shape index (κ2) is 9.55. The fraction of sp³-hybridized carbons (Fsp3) is 0.531. The van der Waals surface area contributed by atoms with Gasteiger partial charge in [-0.15, -0.1) is 0 Å². The zero-order chi connectivity index (χ0) is 25.8. The third kappa shape index (κ3) is 4.52. The molecule has 0 atom stereocenters. The van der Waals surface area contributed by atoms with Crippen molar-refractivity contribution in [2.75, 3.05) is 0 Å². The van der Waals surface area contributed by atoms with Crippen LogP contribution in [0.15, 0.2) is 42.5 Å². The Balaban J connectivity index is 1.03. The van der Waals surface area contributed by atoms with Crippen LogP contribution in [0.1, 0.15) is 85.4 Å². The standard InChI is InChI=1S/C32H38N4O2/c1-18-2-9-26(10-3-18)33-31(37)22-6-4-21(5-7-22)30-34-27-11-8-23(17-28(27)35-30)32(38)36-29-24-13-19-12-20(15-24)16-25(29)14-19/h4-8,11,17-20,24-26,29H,2-3,9-10,12-16H2,1H3,(H,33,37)(H,34,35)(H,36,38). The van der Waals surface area contributed by atoms with Crippen molar-refractivity contribution in [2.24, 2.45) is 29.6 Å². The normalized spacial score (nSPS) is 31.9. The van der Waals surface area contributed by atoms with E-state index >= 15 is 0 Å². The first-order valence-electron chi connectivity index (χ1n) is 14.7. The lowest BCUT2D eigenvalue weighted by Crippen LogP contribution is -2.55. The van der Waals surface area contributed by atoms with E-state index < -0.39 is 0 Å². The largest absolute Gasteiger partial charge is 0.349 e. The van der Waals surface area contributed by atoms with Gasteiger partial charge in [-0.3, -0.25) is 9.59 Å². The van der Waals surface area contributed by atoms with E-state index in [4.69, 9.17) is 4.98 Å². The number of rotatable bonds is 5. The van der Waals surface area contributed by atoms with Crippen molar-refractivity contribution in [3.63, 3.8) is 0 Å². The number of H-pyrrole nitrogens is 1. The van der Waals surface area contributed by atoms with Gasteiger partial charge < -0.3 is 15.6 Å². The molecule has 5 fully saturated rings. The van der Waals surface area contributed by atoms with Crippen molar-refractivity contribution in [1.82, 2.24) is 20.6 Å². The molecule has 1 heterocycles. The number of hydrogen-bond donors (Lipinski definition) is 3. The van der Waals surface area contributed by atoms with Gasteiger partial charge in [0.25, 0.3) is 11.8 Å². The smallest absolute Gasteiger partial charge is 0.251 e. The number of benzene rings is 2. The lowest BCUT2D eigenvalue weighted by Gasteiger charge is -2.54. The number of imidazole rings is 1.